The van der Waals surface area contributed by atoms with Gasteiger partial charge in [-0.2, -0.15) is 0 Å². The van der Waals surface area contributed by atoms with E-state index < -0.39 is 0 Å². The molecule has 82 valence electrons. The van der Waals surface area contributed by atoms with Gasteiger partial charge in [0.1, 0.15) is 0 Å². The average molecular weight is 215 g/mol. The number of aryl methyl sites for hydroxylation is 1. The third-order valence-electron chi connectivity index (χ3n) is 2.56. The van der Waals surface area contributed by atoms with Crippen molar-refractivity contribution >= 4 is 22.9 Å². The molecule has 1 heterocycles. The number of esters is 1. The molecule has 0 radical (unpaired) electrons. The maximum absolute atomic E-state index is 11.0. The van der Waals surface area contributed by atoms with E-state index in [0.717, 1.165) is 16.5 Å². The number of carbonyl (C=O) groups excluding carboxylic acids is 1. The lowest BCUT2D eigenvalue weighted by molar-refractivity contribution is -0.134. The van der Waals surface area contributed by atoms with Crippen LogP contribution in [0.4, 0.5) is 0 Å². The second-order valence-electron chi connectivity index (χ2n) is 3.56. The zero-order valence-corrected chi connectivity index (χ0v) is 9.31. The summed E-state index contributed by atoms with van der Waals surface area (Å²) in [7, 11) is 3.37. The van der Waals surface area contributed by atoms with Crippen molar-refractivity contribution in [2.45, 2.75) is 0 Å². The summed E-state index contributed by atoms with van der Waals surface area (Å²) in [5.41, 5.74) is 2.16. The van der Waals surface area contributed by atoms with Gasteiger partial charge in [0.05, 0.1) is 7.11 Å². The fourth-order valence-electron chi connectivity index (χ4n) is 1.70. The van der Waals surface area contributed by atoms with E-state index in [1.807, 2.05) is 42.1 Å². The van der Waals surface area contributed by atoms with Crippen LogP contribution in [0.1, 0.15) is 5.56 Å². The molecule has 3 heteroatoms. The zero-order valence-electron chi connectivity index (χ0n) is 9.31. The second kappa shape index (κ2) is 4.23. The van der Waals surface area contributed by atoms with Gasteiger partial charge < -0.3 is 9.30 Å². The second-order valence-corrected chi connectivity index (χ2v) is 3.56. The molecular weight excluding hydrogens is 202 g/mol. The predicted octanol–water partition coefficient (Wildman–Crippen LogP) is 2.36. The molecule has 0 spiro atoms. The van der Waals surface area contributed by atoms with Gasteiger partial charge in [-0.1, -0.05) is 12.1 Å². The van der Waals surface area contributed by atoms with Crippen LogP contribution >= 0.6 is 0 Å². The van der Waals surface area contributed by atoms with Crippen LogP contribution < -0.4 is 0 Å². The molecule has 16 heavy (non-hydrogen) atoms. The third-order valence-corrected chi connectivity index (χ3v) is 2.56. The molecular formula is C13H13NO2. The average Bonchev–Trinajstić information content (AvgIpc) is 2.69. The smallest absolute Gasteiger partial charge is 0.330 e. The standard InChI is InChI=1S/C13H13NO2/c1-14-9-8-11-10(4-3-5-12(11)14)6-7-13(15)16-2/h3-9H,1-2H3/b7-6+. The minimum absolute atomic E-state index is 0.340. The van der Waals surface area contributed by atoms with Crippen molar-refractivity contribution in [3.05, 3.63) is 42.1 Å². The van der Waals surface area contributed by atoms with E-state index in [-0.39, 0.29) is 5.97 Å². The number of methoxy groups -OCH3 is 1. The molecule has 2 rings (SSSR count). The van der Waals surface area contributed by atoms with E-state index in [2.05, 4.69) is 4.74 Å². The van der Waals surface area contributed by atoms with E-state index in [1.165, 1.54) is 13.2 Å². The lowest BCUT2D eigenvalue weighted by Gasteiger charge is -1.99. The van der Waals surface area contributed by atoms with E-state index in [9.17, 15) is 4.79 Å². The highest BCUT2D eigenvalue weighted by Crippen LogP contribution is 2.20. The fraction of sp³-hybridized carbons (Fsp3) is 0.154. The van der Waals surface area contributed by atoms with Gasteiger partial charge in [-0.25, -0.2) is 4.79 Å². The van der Waals surface area contributed by atoms with Crippen LogP contribution in [0.5, 0.6) is 0 Å². The van der Waals surface area contributed by atoms with Crippen molar-refractivity contribution in [3.63, 3.8) is 0 Å². The van der Waals surface area contributed by atoms with E-state index in [4.69, 9.17) is 0 Å². The summed E-state index contributed by atoms with van der Waals surface area (Å²) in [5.74, 6) is -0.340. The summed E-state index contributed by atoms with van der Waals surface area (Å²) >= 11 is 0. The van der Waals surface area contributed by atoms with Crippen LogP contribution in [0.3, 0.4) is 0 Å². The summed E-state index contributed by atoms with van der Waals surface area (Å²) in [6.07, 6.45) is 5.20. The summed E-state index contributed by atoms with van der Waals surface area (Å²) in [4.78, 5) is 11.0. The largest absolute Gasteiger partial charge is 0.466 e. The maximum atomic E-state index is 11.0. The van der Waals surface area contributed by atoms with E-state index in [1.54, 1.807) is 6.08 Å². The van der Waals surface area contributed by atoms with Crippen molar-refractivity contribution in [3.8, 4) is 0 Å². The number of ether oxygens (including phenoxy) is 1. The van der Waals surface area contributed by atoms with Gasteiger partial charge in [-0.15, -0.1) is 0 Å². The van der Waals surface area contributed by atoms with E-state index in [0.29, 0.717) is 0 Å². The quantitative estimate of drug-likeness (QED) is 0.569. The molecule has 0 saturated carbocycles. The first-order chi connectivity index (χ1) is 7.72. The molecule has 0 aliphatic heterocycles. The van der Waals surface area contributed by atoms with Crippen LogP contribution in [0.15, 0.2) is 36.5 Å². The monoisotopic (exact) mass is 215 g/mol. The van der Waals surface area contributed by atoms with Crippen LogP contribution in [0, 0.1) is 0 Å². The van der Waals surface area contributed by atoms with Gasteiger partial charge in [0.25, 0.3) is 0 Å². The normalized spacial score (nSPS) is 11.1. The van der Waals surface area contributed by atoms with Crippen LogP contribution in [0.2, 0.25) is 0 Å². The molecule has 0 saturated heterocycles. The van der Waals surface area contributed by atoms with Crippen molar-refractivity contribution in [1.82, 2.24) is 4.57 Å². The summed E-state index contributed by atoms with van der Waals surface area (Å²) in [5, 5.41) is 1.13. The molecule has 0 bridgehead atoms. The van der Waals surface area contributed by atoms with Gasteiger partial charge >= 0.3 is 5.97 Å². The number of hydrogen-bond donors (Lipinski definition) is 0. The number of aromatic nitrogens is 1. The lowest BCUT2D eigenvalue weighted by Crippen LogP contribution is -1.93. The Hall–Kier alpha value is -2.03. The van der Waals surface area contributed by atoms with Crippen molar-refractivity contribution in [2.24, 2.45) is 7.05 Å². The number of nitrogens with zero attached hydrogens (tertiary/aromatic N) is 1. The molecule has 0 unspecified atom stereocenters. The van der Waals surface area contributed by atoms with Crippen molar-refractivity contribution in [1.29, 1.82) is 0 Å². The van der Waals surface area contributed by atoms with E-state index >= 15 is 0 Å². The number of benzene rings is 1. The lowest BCUT2D eigenvalue weighted by atomic mass is 10.1. The topological polar surface area (TPSA) is 31.2 Å². The Morgan fingerprint density at radius 3 is 2.94 bits per heavy atom. The number of carbonyl (C=O) groups is 1. The number of hydrogen-bond acceptors (Lipinski definition) is 2. The fourth-order valence-corrected chi connectivity index (χ4v) is 1.70. The summed E-state index contributed by atoms with van der Waals surface area (Å²) < 4.78 is 6.60. The Morgan fingerprint density at radius 1 is 1.38 bits per heavy atom. The number of fused-ring (bicyclic) bond motifs is 1. The highest BCUT2D eigenvalue weighted by molar-refractivity contribution is 5.93. The highest BCUT2D eigenvalue weighted by atomic mass is 16.5. The molecule has 0 fully saturated rings. The van der Waals surface area contributed by atoms with Crippen LogP contribution in [-0.2, 0) is 16.6 Å². The number of rotatable bonds is 2. The predicted molar refractivity (Wildman–Crippen MR) is 64.0 cm³/mol. The first kappa shape index (κ1) is 10.5. The summed E-state index contributed by atoms with van der Waals surface area (Å²) in [6.45, 7) is 0. The van der Waals surface area contributed by atoms with Crippen LogP contribution in [0.25, 0.3) is 17.0 Å². The molecule has 0 aliphatic rings. The first-order valence-electron chi connectivity index (χ1n) is 5.02. The zero-order chi connectivity index (χ0) is 11.5. The van der Waals surface area contributed by atoms with Gasteiger partial charge in [-0.05, 0) is 23.8 Å². The van der Waals surface area contributed by atoms with Gasteiger partial charge in [0.2, 0.25) is 0 Å². The molecule has 0 amide bonds. The first-order valence-corrected chi connectivity index (χ1v) is 5.02. The minimum Gasteiger partial charge on any atom is -0.466 e. The van der Waals surface area contributed by atoms with Crippen LogP contribution in [-0.4, -0.2) is 17.6 Å². The Morgan fingerprint density at radius 2 is 2.19 bits per heavy atom. The molecule has 2 aromatic rings. The molecule has 1 aromatic carbocycles. The molecule has 0 atom stereocenters. The highest BCUT2D eigenvalue weighted by Gasteiger charge is 2.01. The molecule has 0 N–H and O–H groups in total. The van der Waals surface area contributed by atoms with Crippen molar-refractivity contribution in [2.75, 3.05) is 7.11 Å². The maximum Gasteiger partial charge on any atom is 0.330 e. The SMILES string of the molecule is COC(=O)/C=C/c1cccc2c1ccn2C. The Kier molecular flexibility index (Phi) is 2.77. The van der Waals surface area contributed by atoms with Gasteiger partial charge in [0.15, 0.2) is 0 Å². The van der Waals surface area contributed by atoms with Crippen molar-refractivity contribution < 1.29 is 9.53 Å². The molecule has 0 aliphatic carbocycles. The Balaban J connectivity index is 2.45. The minimum atomic E-state index is -0.340. The summed E-state index contributed by atoms with van der Waals surface area (Å²) in [6, 6.07) is 8.03. The Bertz CT molecular complexity index is 552. The Labute approximate surface area is 93.9 Å². The van der Waals surface area contributed by atoms with Gasteiger partial charge in [-0.3, -0.25) is 0 Å². The third kappa shape index (κ3) is 1.84. The molecule has 1 aromatic heterocycles. The van der Waals surface area contributed by atoms with Gasteiger partial charge in [0, 0.05) is 30.2 Å². The molecule has 3 nitrogen and oxygen atoms in total.